The van der Waals surface area contributed by atoms with Gasteiger partial charge in [0.15, 0.2) is 5.78 Å². The summed E-state index contributed by atoms with van der Waals surface area (Å²) >= 11 is 0. The topological polar surface area (TPSA) is 46.6 Å². The van der Waals surface area contributed by atoms with Gasteiger partial charge in [-0.15, -0.1) is 6.58 Å². The number of carbonyl (C=O) groups is 2. The Balaban J connectivity index is 2.78. The van der Waals surface area contributed by atoms with E-state index in [-0.39, 0.29) is 11.8 Å². The van der Waals surface area contributed by atoms with Crippen LogP contribution in [0.2, 0.25) is 0 Å². The summed E-state index contributed by atoms with van der Waals surface area (Å²) in [5, 5.41) is 0. The summed E-state index contributed by atoms with van der Waals surface area (Å²) in [6.07, 6.45) is 5.08. The predicted octanol–water partition coefficient (Wildman–Crippen LogP) is 2.65. The van der Waals surface area contributed by atoms with Crippen molar-refractivity contribution in [2.75, 3.05) is 0 Å². The first-order chi connectivity index (χ1) is 7.83. The number of carbonyl (C=O) groups excluding carboxylic acids is 2. The molecule has 0 bridgehead atoms. The molecule has 0 radical (unpaired) electrons. The molecule has 0 aromatic heterocycles. The number of rotatable bonds is 2. The maximum Gasteiger partial charge on any atom is 0.414 e. The molecule has 4 heteroatoms. The highest BCUT2D eigenvalue weighted by Crippen LogP contribution is 2.19. The summed E-state index contributed by atoms with van der Waals surface area (Å²) in [5.74, 6) is 0.0247. The van der Waals surface area contributed by atoms with Crippen molar-refractivity contribution < 1.29 is 14.3 Å². The lowest BCUT2D eigenvalue weighted by Crippen LogP contribution is -2.42. The molecule has 1 heterocycles. The zero-order valence-electron chi connectivity index (χ0n) is 10.6. The predicted molar refractivity (Wildman–Crippen MR) is 65.4 cm³/mol. The van der Waals surface area contributed by atoms with Crippen molar-refractivity contribution in [1.29, 1.82) is 0 Å². The van der Waals surface area contributed by atoms with Crippen LogP contribution in [0.1, 0.15) is 33.6 Å². The summed E-state index contributed by atoms with van der Waals surface area (Å²) in [7, 11) is 0. The number of hydrogen-bond acceptors (Lipinski definition) is 3. The first-order valence-electron chi connectivity index (χ1n) is 5.67. The van der Waals surface area contributed by atoms with Gasteiger partial charge in [0.2, 0.25) is 0 Å². The van der Waals surface area contributed by atoms with Crippen LogP contribution in [0.5, 0.6) is 0 Å². The van der Waals surface area contributed by atoms with Crippen LogP contribution in [-0.2, 0) is 9.53 Å². The lowest BCUT2D eigenvalue weighted by molar-refractivity contribution is -0.116. The molecule has 0 fully saturated rings. The van der Waals surface area contributed by atoms with E-state index in [0.29, 0.717) is 12.8 Å². The van der Waals surface area contributed by atoms with E-state index in [2.05, 4.69) is 6.58 Å². The van der Waals surface area contributed by atoms with Gasteiger partial charge in [0.1, 0.15) is 5.60 Å². The van der Waals surface area contributed by atoms with Crippen molar-refractivity contribution in [1.82, 2.24) is 4.90 Å². The van der Waals surface area contributed by atoms with E-state index in [4.69, 9.17) is 4.74 Å². The number of ether oxygens (including phenoxy) is 1. The lowest BCUT2D eigenvalue weighted by Gasteiger charge is -2.32. The van der Waals surface area contributed by atoms with Crippen LogP contribution in [0.15, 0.2) is 24.9 Å². The first kappa shape index (κ1) is 13.5. The minimum Gasteiger partial charge on any atom is -0.443 e. The second kappa shape index (κ2) is 5.17. The highest BCUT2D eigenvalue weighted by atomic mass is 16.6. The van der Waals surface area contributed by atoms with Gasteiger partial charge in [-0.25, -0.2) is 4.79 Å². The van der Waals surface area contributed by atoms with Crippen LogP contribution in [0.25, 0.3) is 0 Å². The molecule has 4 nitrogen and oxygen atoms in total. The van der Waals surface area contributed by atoms with Crippen LogP contribution in [0, 0.1) is 0 Å². The van der Waals surface area contributed by atoms with E-state index in [1.807, 2.05) is 20.8 Å². The van der Waals surface area contributed by atoms with Crippen LogP contribution in [0.4, 0.5) is 4.79 Å². The number of hydrogen-bond donors (Lipinski definition) is 0. The quantitative estimate of drug-likeness (QED) is 0.694. The summed E-state index contributed by atoms with van der Waals surface area (Å²) in [5.41, 5.74) is -0.537. The average molecular weight is 237 g/mol. The summed E-state index contributed by atoms with van der Waals surface area (Å²) < 4.78 is 5.28. The molecule has 0 N–H and O–H groups in total. The molecular weight excluding hydrogens is 218 g/mol. The minimum atomic E-state index is -0.537. The van der Waals surface area contributed by atoms with Gasteiger partial charge in [-0.2, -0.15) is 0 Å². The molecule has 1 rings (SSSR count). The Hall–Kier alpha value is -1.58. The first-order valence-corrected chi connectivity index (χ1v) is 5.67. The average Bonchev–Trinajstić information content (AvgIpc) is 2.15. The molecule has 1 unspecified atom stereocenters. The fourth-order valence-electron chi connectivity index (χ4n) is 1.60. The van der Waals surface area contributed by atoms with Crippen molar-refractivity contribution in [3.05, 3.63) is 24.9 Å². The van der Waals surface area contributed by atoms with Crippen molar-refractivity contribution in [3.8, 4) is 0 Å². The van der Waals surface area contributed by atoms with Crippen LogP contribution in [-0.4, -0.2) is 28.4 Å². The van der Waals surface area contributed by atoms with Crippen molar-refractivity contribution >= 4 is 11.9 Å². The molecule has 1 amide bonds. The molecule has 1 atom stereocenters. The standard InChI is InChI=1S/C13H19NO3/c1-5-6-10-9-11(15)7-8-14(10)12(16)17-13(2,3)4/h5,7-8,10H,1,6,9H2,2-4H3. The van der Waals surface area contributed by atoms with Gasteiger partial charge in [0, 0.05) is 12.6 Å². The fraction of sp³-hybridized carbons (Fsp3) is 0.538. The highest BCUT2D eigenvalue weighted by Gasteiger charge is 2.29. The number of ketones is 1. The zero-order chi connectivity index (χ0) is 13.1. The molecule has 0 aromatic rings. The van der Waals surface area contributed by atoms with Crippen LogP contribution in [0.3, 0.4) is 0 Å². The van der Waals surface area contributed by atoms with E-state index < -0.39 is 11.7 Å². The molecule has 1 aliphatic heterocycles. The Labute approximate surface area is 102 Å². The fourth-order valence-corrected chi connectivity index (χ4v) is 1.60. The van der Waals surface area contributed by atoms with Crippen molar-refractivity contribution in [2.45, 2.75) is 45.3 Å². The third-order valence-corrected chi connectivity index (χ3v) is 2.29. The minimum absolute atomic E-state index is 0.0247. The van der Waals surface area contributed by atoms with Gasteiger partial charge in [0.05, 0.1) is 6.04 Å². The molecule has 0 saturated carbocycles. The van der Waals surface area contributed by atoms with Gasteiger partial charge >= 0.3 is 6.09 Å². The van der Waals surface area contributed by atoms with Gasteiger partial charge in [0.25, 0.3) is 0 Å². The molecule has 17 heavy (non-hydrogen) atoms. The largest absolute Gasteiger partial charge is 0.443 e. The third kappa shape index (κ3) is 4.06. The van der Waals surface area contributed by atoms with Crippen LogP contribution < -0.4 is 0 Å². The Kier molecular flexibility index (Phi) is 4.10. The Morgan fingerprint density at radius 2 is 2.29 bits per heavy atom. The van der Waals surface area contributed by atoms with Gasteiger partial charge in [-0.1, -0.05) is 6.08 Å². The smallest absolute Gasteiger partial charge is 0.414 e. The molecule has 0 aromatic carbocycles. The molecular formula is C13H19NO3. The Bertz CT molecular complexity index is 352. The maximum absolute atomic E-state index is 11.9. The zero-order valence-corrected chi connectivity index (χ0v) is 10.6. The van der Waals surface area contributed by atoms with E-state index in [9.17, 15) is 9.59 Å². The summed E-state index contributed by atoms with van der Waals surface area (Å²) in [4.78, 5) is 24.7. The third-order valence-electron chi connectivity index (χ3n) is 2.29. The van der Waals surface area contributed by atoms with Gasteiger partial charge < -0.3 is 4.74 Å². The SMILES string of the molecule is C=CCC1CC(=O)C=CN1C(=O)OC(C)(C)C. The van der Waals surface area contributed by atoms with E-state index in [1.165, 1.54) is 17.2 Å². The second-order valence-corrected chi connectivity index (χ2v) is 5.05. The van der Waals surface area contributed by atoms with Crippen molar-refractivity contribution in [3.63, 3.8) is 0 Å². The molecule has 1 aliphatic rings. The highest BCUT2D eigenvalue weighted by molar-refractivity contribution is 5.92. The number of allylic oxidation sites excluding steroid dienone is 1. The van der Waals surface area contributed by atoms with Gasteiger partial charge in [-0.3, -0.25) is 9.69 Å². The van der Waals surface area contributed by atoms with Crippen LogP contribution >= 0.6 is 0 Å². The van der Waals surface area contributed by atoms with E-state index in [1.54, 1.807) is 6.08 Å². The van der Waals surface area contributed by atoms with E-state index in [0.717, 1.165) is 0 Å². The molecule has 0 saturated heterocycles. The maximum atomic E-state index is 11.9. The summed E-state index contributed by atoms with van der Waals surface area (Å²) in [6.45, 7) is 9.07. The number of amides is 1. The monoisotopic (exact) mass is 237 g/mol. The molecule has 0 spiro atoms. The second-order valence-electron chi connectivity index (χ2n) is 5.05. The molecule has 94 valence electrons. The normalized spacial score (nSPS) is 20.3. The van der Waals surface area contributed by atoms with E-state index >= 15 is 0 Å². The number of nitrogens with zero attached hydrogens (tertiary/aromatic N) is 1. The van der Waals surface area contributed by atoms with Gasteiger partial charge in [-0.05, 0) is 33.3 Å². The summed E-state index contributed by atoms with van der Waals surface area (Å²) in [6, 6.07) is -0.181. The lowest BCUT2D eigenvalue weighted by atomic mass is 10.0. The Morgan fingerprint density at radius 3 is 2.82 bits per heavy atom. The Morgan fingerprint density at radius 1 is 1.65 bits per heavy atom. The molecule has 0 aliphatic carbocycles. The van der Waals surface area contributed by atoms with Crippen molar-refractivity contribution in [2.24, 2.45) is 0 Å².